The SMILES string of the molecule is NCC(=O)[N+]1(C2CCOCC2)CCC(NC(=O)c2ccccc2)C1. The Balaban J connectivity index is 1.70. The van der Waals surface area contributed by atoms with Crippen molar-refractivity contribution in [3.05, 3.63) is 35.9 Å². The van der Waals surface area contributed by atoms with Crippen LogP contribution >= 0.6 is 0 Å². The maximum Gasteiger partial charge on any atom is 0.327 e. The number of amides is 2. The van der Waals surface area contributed by atoms with E-state index in [4.69, 9.17) is 10.5 Å². The predicted molar refractivity (Wildman–Crippen MR) is 90.2 cm³/mol. The Hall–Kier alpha value is -1.76. The van der Waals surface area contributed by atoms with Crippen LogP contribution in [0, 0.1) is 0 Å². The molecule has 1 aromatic carbocycles. The molecule has 24 heavy (non-hydrogen) atoms. The standard InChI is InChI=1S/C18H25N3O3/c19-12-17(22)21(16-7-10-24-11-8-16)9-6-15(13-21)20-18(23)14-4-2-1-3-5-14/h1-5,15-16H,6-13,19H2/p+1. The van der Waals surface area contributed by atoms with E-state index in [9.17, 15) is 9.59 Å². The molecule has 2 fully saturated rings. The van der Waals surface area contributed by atoms with Crippen molar-refractivity contribution in [2.24, 2.45) is 5.73 Å². The Kier molecular flexibility index (Phi) is 5.28. The second-order valence-electron chi connectivity index (χ2n) is 6.71. The first-order valence-electron chi connectivity index (χ1n) is 8.69. The summed E-state index contributed by atoms with van der Waals surface area (Å²) in [5.41, 5.74) is 6.35. The summed E-state index contributed by atoms with van der Waals surface area (Å²) in [6.07, 6.45) is 2.57. The van der Waals surface area contributed by atoms with Gasteiger partial charge in [0.1, 0.15) is 19.1 Å². The van der Waals surface area contributed by atoms with Crippen LogP contribution in [0.15, 0.2) is 30.3 Å². The molecular formula is C18H26N3O3+. The van der Waals surface area contributed by atoms with Crippen LogP contribution in [0.25, 0.3) is 0 Å². The number of carbonyl (C=O) groups excluding carboxylic acids is 2. The zero-order valence-electron chi connectivity index (χ0n) is 13.9. The molecule has 0 aliphatic carbocycles. The first-order valence-corrected chi connectivity index (χ1v) is 8.69. The van der Waals surface area contributed by atoms with Crippen LogP contribution in [0.3, 0.4) is 0 Å². The molecule has 130 valence electrons. The maximum absolute atomic E-state index is 12.6. The van der Waals surface area contributed by atoms with Gasteiger partial charge in [0, 0.05) is 24.8 Å². The summed E-state index contributed by atoms with van der Waals surface area (Å²) in [6.45, 7) is 2.84. The molecular weight excluding hydrogens is 306 g/mol. The van der Waals surface area contributed by atoms with Gasteiger partial charge >= 0.3 is 5.91 Å². The van der Waals surface area contributed by atoms with Crippen molar-refractivity contribution < 1.29 is 18.8 Å². The first kappa shape index (κ1) is 17.1. The van der Waals surface area contributed by atoms with Gasteiger partial charge in [-0.1, -0.05) is 18.2 Å². The normalized spacial score (nSPS) is 27.8. The maximum atomic E-state index is 12.6. The number of ether oxygens (including phenoxy) is 1. The topological polar surface area (TPSA) is 81.4 Å². The van der Waals surface area contributed by atoms with Crippen molar-refractivity contribution in [3.8, 4) is 0 Å². The van der Waals surface area contributed by atoms with E-state index >= 15 is 0 Å². The van der Waals surface area contributed by atoms with Crippen molar-refractivity contribution in [1.29, 1.82) is 0 Å². The van der Waals surface area contributed by atoms with Crippen molar-refractivity contribution in [2.75, 3.05) is 32.8 Å². The number of benzene rings is 1. The van der Waals surface area contributed by atoms with Crippen LogP contribution in [0.5, 0.6) is 0 Å². The summed E-state index contributed by atoms with van der Waals surface area (Å²) in [7, 11) is 0. The number of hydrogen-bond acceptors (Lipinski definition) is 4. The van der Waals surface area contributed by atoms with E-state index in [0.717, 1.165) is 25.8 Å². The van der Waals surface area contributed by atoms with Gasteiger partial charge in [0.05, 0.1) is 25.8 Å². The fourth-order valence-electron chi connectivity index (χ4n) is 4.06. The molecule has 2 aliphatic rings. The summed E-state index contributed by atoms with van der Waals surface area (Å²) in [5.74, 6) is 0.00568. The molecule has 0 aromatic heterocycles. The van der Waals surface area contributed by atoms with E-state index in [0.29, 0.717) is 29.8 Å². The molecule has 1 aromatic rings. The molecule has 0 bridgehead atoms. The third-order valence-electron chi connectivity index (χ3n) is 5.36. The molecule has 0 spiro atoms. The molecule has 2 saturated heterocycles. The van der Waals surface area contributed by atoms with Crippen molar-refractivity contribution in [1.82, 2.24) is 5.32 Å². The predicted octanol–water partition coefficient (Wildman–Crippen LogP) is 0.670. The summed E-state index contributed by atoms with van der Waals surface area (Å²) in [6, 6.07) is 9.46. The molecule has 2 amide bonds. The van der Waals surface area contributed by atoms with E-state index in [2.05, 4.69) is 5.32 Å². The zero-order valence-corrected chi connectivity index (χ0v) is 13.9. The largest absolute Gasteiger partial charge is 0.381 e. The van der Waals surface area contributed by atoms with Gasteiger partial charge in [0.15, 0.2) is 0 Å². The minimum absolute atomic E-state index is 0.0102. The van der Waals surface area contributed by atoms with Gasteiger partial charge < -0.3 is 15.8 Å². The lowest BCUT2D eigenvalue weighted by Crippen LogP contribution is -2.62. The van der Waals surface area contributed by atoms with Crippen LogP contribution in [-0.2, 0) is 9.53 Å². The highest BCUT2D eigenvalue weighted by molar-refractivity contribution is 5.94. The number of hydrogen-bond donors (Lipinski definition) is 2. The van der Waals surface area contributed by atoms with E-state index in [1.807, 2.05) is 18.2 Å². The highest BCUT2D eigenvalue weighted by Gasteiger charge is 2.49. The van der Waals surface area contributed by atoms with Gasteiger partial charge in [-0.25, -0.2) is 4.79 Å². The van der Waals surface area contributed by atoms with Gasteiger partial charge in [-0.15, -0.1) is 0 Å². The van der Waals surface area contributed by atoms with Crippen LogP contribution < -0.4 is 11.1 Å². The summed E-state index contributed by atoms with van der Waals surface area (Å²) in [5, 5.41) is 3.09. The van der Waals surface area contributed by atoms with E-state index in [1.165, 1.54) is 0 Å². The van der Waals surface area contributed by atoms with Crippen molar-refractivity contribution >= 4 is 11.8 Å². The Labute approximate surface area is 142 Å². The second kappa shape index (κ2) is 7.42. The minimum atomic E-state index is -0.0761. The van der Waals surface area contributed by atoms with Gasteiger partial charge in [-0.05, 0) is 12.1 Å². The smallest absolute Gasteiger partial charge is 0.327 e. The van der Waals surface area contributed by atoms with Crippen molar-refractivity contribution in [3.63, 3.8) is 0 Å². The van der Waals surface area contributed by atoms with E-state index in [-0.39, 0.29) is 30.4 Å². The first-order chi connectivity index (χ1) is 11.7. The number of quaternary nitrogens is 1. The molecule has 0 saturated carbocycles. The zero-order chi connectivity index (χ0) is 17.0. The lowest BCUT2D eigenvalue weighted by Gasteiger charge is -2.40. The molecule has 3 rings (SSSR count). The molecule has 2 aliphatic heterocycles. The highest BCUT2D eigenvalue weighted by Crippen LogP contribution is 2.30. The minimum Gasteiger partial charge on any atom is -0.381 e. The molecule has 3 N–H and O–H groups in total. The molecule has 2 unspecified atom stereocenters. The van der Waals surface area contributed by atoms with Crippen molar-refractivity contribution in [2.45, 2.75) is 31.3 Å². The number of nitrogens with two attached hydrogens (primary N) is 1. The highest BCUT2D eigenvalue weighted by atomic mass is 16.5. The number of nitrogens with zero attached hydrogens (tertiary/aromatic N) is 1. The van der Waals surface area contributed by atoms with E-state index in [1.54, 1.807) is 12.1 Å². The fraction of sp³-hybridized carbons (Fsp3) is 0.556. The molecule has 2 heterocycles. The van der Waals surface area contributed by atoms with Crippen LogP contribution in [-0.4, -0.2) is 61.2 Å². The Bertz CT molecular complexity index is 586. The van der Waals surface area contributed by atoms with Crippen LogP contribution in [0.1, 0.15) is 29.6 Å². The Morgan fingerprint density at radius 2 is 1.88 bits per heavy atom. The summed E-state index contributed by atoms with van der Waals surface area (Å²) >= 11 is 0. The fourth-order valence-corrected chi connectivity index (χ4v) is 4.06. The Morgan fingerprint density at radius 1 is 1.17 bits per heavy atom. The average molecular weight is 332 g/mol. The second-order valence-corrected chi connectivity index (χ2v) is 6.71. The number of nitrogens with one attached hydrogen (secondary N) is 1. The summed E-state index contributed by atoms with van der Waals surface area (Å²) in [4.78, 5) is 25.0. The van der Waals surface area contributed by atoms with Gasteiger partial charge in [0.25, 0.3) is 5.91 Å². The molecule has 6 nitrogen and oxygen atoms in total. The van der Waals surface area contributed by atoms with Gasteiger partial charge in [0.2, 0.25) is 0 Å². The molecule has 0 radical (unpaired) electrons. The quantitative estimate of drug-likeness (QED) is 0.794. The van der Waals surface area contributed by atoms with Crippen LogP contribution in [0.4, 0.5) is 0 Å². The average Bonchev–Trinajstić information content (AvgIpc) is 3.07. The lowest BCUT2D eigenvalue weighted by atomic mass is 10.0. The van der Waals surface area contributed by atoms with Gasteiger partial charge in [-0.2, -0.15) is 0 Å². The van der Waals surface area contributed by atoms with Gasteiger partial charge in [-0.3, -0.25) is 9.28 Å². The number of rotatable bonds is 4. The van der Waals surface area contributed by atoms with E-state index < -0.39 is 0 Å². The third-order valence-corrected chi connectivity index (χ3v) is 5.36. The van der Waals surface area contributed by atoms with Crippen LogP contribution in [0.2, 0.25) is 0 Å². The Morgan fingerprint density at radius 3 is 2.54 bits per heavy atom. The molecule has 6 heteroatoms. The lowest BCUT2D eigenvalue weighted by molar-refractivity contribution is -0.869. The third kappa shape index (κ3) is 3.36. The molecule has 2 atom stereocenters. The summed E-state index contributed by atoms with van der Waals surface area (Å²) < 4.78 is 5.85. The number of likely N-dealkylation sites (tertiary alicyclic amines) is 1. The monoisotopic (exact) mass is 332 g/mol. The number of carbonyl (C=O) groups is 2.